The van der Waals surface area contributed by atoms with Crippen LogP contribution < -0.4 is 4.74 Å². The number of carbonyl (C=O) groups is 1. The molecule has 0 aliphatic carbocycles. The summed E-state index contributed by atoms with van der Waals surface area (Å²) in [6.45, 7) is 6.03. The number of phenolic OH excluding ortho intramolecular Hbond substituents is 1. The van der Waals surface area contributed by atoms with Crippen LogP contribution in [0.25, 0.3) is 11.1 Å². The predicted molar refractivity (Wildman–Crippen MR) is 137 cm³/mol. The highest BCUT2D eigenvalue weighted by Gasteiger charge is 2.18. The minimum absolute atomic E-state index is 0.130. The van der Waals surface area contributed by atoms with Gasteiger partial charge in [0.05, 0.1) is 6.42 Å². The molecule has 3 aromatic rings. The Hall–Kier alpha value is -3.04. The highest BCUT2D eigenvalue weighted by atomic mass is 35.5. The number of alkyl halides is 1. The SMILES string of the molecule is CC(C)(C)CC(=O)Oc1ccc(C(=C(CCCCl)c2ccccc2)c2cccc(O)c2)cc1. The average molecular weight is 463 g/mol. The van der Waals surface area contributed by atoms with E-state index in [0.717, 1.165) is 40.7 Å². The quantitative estimate of drug-likeness (QED) is 0.161. The van der Waals surface area contributed by atoms with Gasteiger partial charge in [-0.15, -0.1) is 11.6 Å². The fourth-order valence-electron chi connectivity index (χ4n) is 3.76. The number of hydrogen-bond acceptors (Lipinski definition) is 3. The van der Waals surface area contributed by atoms with Crippen LogP contribution in [0.2, 0.25) is 0 Å². The van der Waals surface area contributed by atoms with Gasteiger partial charge in [-0.3, -0.25) is 4.79 Å². The summed E-state index contributed by atoms with van der Waals surface area (Å²) in [5.74, 6) is 1.05. The maximum Gasteiger partial charge on any atom is 0.311 e. The van der Waals surface area contributed by atoms with Crippen molar-refractivity contribution in [1.29, 1.82) is 0 Å². The van der Waals surface area contributed by atoms with E-state index in [4.69, 9.17) is 16.3 Å². The molecular weight excluding hydrogens is 432 g/mol. The summed E-state index contributed by atoms with van der Waals surface area (Å²) < 4.78 is 5.55. The van der Waals surface area contributed by atoms with Crippen molar-refractivity contribution in [3.05, 3.63) is 95.6 Å². The molecule has 0 radical (unpaired) electrons. The first kappa shape index (κ1) is 24.6. The van der Waals surface area contributed by atoms with Gasteiger partial charge in [0.1, 0.15) is 11.5 Å². The molecule has 33 heavy (non-hydrogen) atoms. The Morgan fingerprint density at radius 3 is 2.15 bits per heavy atom. The molecule has 0 fully saturated rings. The zero-order valence-electron chi connectivity index (χ0n) is 19.5. The maximum atomic E-state index is 12.2. The molecule has 0 heterocycles. The van der Waals surface area contributed by atoms with Crippen LogP contribution in [0.5, 0.6) is 11.5 Å². The van der Waals surface area contributed by atoms with Crippen molar-refractivity contribution in [2.75, 3.05) is 5.88 Å². The number of allylic oxidation sites excluding steroid dienone is 1. The molecule has 0 saturated heterocycles. The Morgan fingerprint density at radius 2 is 1.55 bits per heavy atom. The number of ether oxygens (including phenoxy) is 1. The van der Waals surface area contributed by atoms with E-state index in [0.29, 0.717) is 18.1 Å². The third-order valence-electron chi connectivity index (χ3n) is 5.17. The summed E-state index contributed by atoms with van der Waals surface area (Å²) >= 11 is 6.06. The lowest BCUT2D eigenvalue weighted by molar-refractivity contribution is -0.136. The highest BCUT2D eigenvalue weighted by molar-refractivity contribution is 6.17. The van der Waals surface area contributed by atoms with Gasteiger partial charge in [0, 0.05) is 5.88 Å². The van der Waals surface area contributed by atoms with Crippen LogP contribution in [0.15, 0.2) is 78.9 Å². The van der Waals surface area contributed by atoms with Crippen LogP contribution in [0.3, 0.4) is 0 Å². The van der Waals surface area contributed by atoms with E-state index in [1.807, 2.05) is 75.4 Å². The van der Waals surface area contributed by atoms with E-state index < -0.39 is 0 Å². The van der Waals surface area contributed by atoms with Crippen molar-refractivity contribution in [2.24, 2.45) is 5.41 Å². The van der Waals surface area contributed by atoms with Gasteiger partial charge in [-0.2, -0.15) is 0 Å². The lowest BCUT2D eigenvalue weighted by Crippen LogP contribution is -2.17. The van der Waals surface area contributed by atoms with E-state index in [1.165, 1.54) is 0 Å². The molecule has 0 spiro atoms. The van der Waals surface area contributed by atoms with Gasteiger partial charge in [0.2, 0.25) is 0 Å². The number of rotatable bonds is 8. The number of carbonyl (C=O) groups excluding carboxylic acids is 1. The van der Waals surface area contributed by atoms with Gasteiger partial charge in [0.25, 0.3) is 0 Å². The van der Waals surface area contributed by atoms with Crippen LogP contribution in [0.4, 0.5) is 0 Å². The van der Waals surface area contributed by atoms with Gasteiger partial charge >= 0.3 is 5.97 Å². The van der Waals surface area contributed by atoms with Crippen LogP contribution in [0.1, 0.15) is 56.7 Å². The minimum Gasteiger partial charge on any atom is -0.508 e. The van der Waals surface area contributed by atoms with Gasteiger partial charge in [-0.05, 0) is 70.4 Å². The third kappa shape index (κ3) is 7.23. The lowest BCUT2D eigenvalue weighted by Gasteiger charge is -2.18. The Labute approximate surface area is 201 Å². The molecule has 0 saturated carbocycles. The van der Waals surface area contributed by atoms with Crippen molar-refractivity contribution in [3.8, 4) is 11.5 Å². The summed E-state index contributed by atoms with van der Waals surface area (Å²) in [5.41, 5.74) is 5.05. The molecule has 0 aromatic heterocycles. The molecule has 3 nitrogen and oxygen atoms in total. The summed E-state index contributed by atoms with van der Waals surface area (Å²) in [6, 6.07) is 25.1. The lowest BCUT2D eigenvalue weighted by atomic mass is 9.87. The molecule has 0 aliphatic heterocycles. The average Bonchev–Trinajstić information content (AvgIpc) is 2.77. The van der Waals surface area contributed by atoms with Crippen LogP contribution in [-0.4, -0.2) is 17.0 Å². The smallest absolute Gasteiger partial charge is 0.311 e. The topological polar surface area (TPSA) is 46.5 Å². The number of esters is 1. The standard InChI is InChI=1S/C29H31ClO3/c1-29(2,3)20-27(32)33-25-16-14-22(15-17-25)28(23-11-7-12-24(31)19-23)26(13-8-18-30)21-9-5-4-6-10-21/h4-7,9-12,14-17,19,31H,8,13,18,20H2,1-3H3. The second-order valence-electron chi connectivity index (χ2n) is 9.30. The number of halogens is 1. The first-order valence-electron chi connectivity index (χ1n) is 11.2. The van der Waals surface area contributed by atoms with Gasteiger partial charge in [0.15, 0.2) is 0 Å². The predicted octanol–water partition coefficient (Wildman–Crippen LogP) is 7.71. The first-order chi connectivity index (χ1) is 15.8. The van der Waals surface area contributed by atoms with Crippen LogP contribution in [0, 0.1) is 5.41 Å². The second-order valence-corrected chi connectivity index (χ2v) is 9.68. The molecule has 4 heteroatoms. The van der Waals surface area contributed by atoms with E-state index in [2.05, 4.69) is 12.1 Å². The molecule has 3 rings (SSSR count). The fourth-order valence-corrected chi connectivity index (χ4v) is 3.90. The van der Waals surface area contributed by atoms with Gasteiger partial charge < -0.3 is 9.84 Å². The minimum atomic E-state index is -0.244. The molecule has 0 amide bonds. The fraction of sp³-hybridized carbons (Fsp3) is 0.276. The third-order valence-corrected chi connectivity index (χ3v) is 5.44. The summed E-state index contributed by atoms with van der Waals surface area (Å²) in [5, 5.41) is 10.2. The molecule has 0 unspecified atom stereocenters. The largest absolute Gasteiger partial charge is 0.508 e. The second kappa shape index (κ2) is 11.2. The number of aromatic hydroxyl groups is 1. The first-order valence-corrected chi connectivity index (χ1v) is 11.8. The van der Waals surface area contributed by atoms with Crippen molar-refractivity contribution < 1.29 is 14.6 Å². The van der Waals surface area contributed by atoms with Crippen molar-refractivity contribution in [2.45, 2.75) is 40.0 Å². The van der Waals surface area contributed by atoms with Crippen molar-refractivity contribution >= 4 is 28.7 Å². The van der Waals surface area contributed by atoms with Crippen molar-refractivity contribution in [1.82, 2.24) is 0 Å². The Bertz CT molecular complexity index is 1090. The Balaban J connectivity index is 2.06. The number of phenols is 1. The Kier molecular flexibility index (Phi) is 8.35. The molecule has 1 N–H and O–H groups in total. The van der Waals surface area contributed by atoms with E-state index in [-0.39, 0.29) is 17.1 Å². The molecular formula is C29H31ClO3. The summed E-state index contributed by atoms with van der Waals surface area (Å²) in [4.78, 5) is 12.2. The molecule has 172 valence electrons. The van der Waals surface area contributed by atoms with E-state index >= 15 is 0 Å². The maximum absolute atomic E-state index is 12.2. The summed E-state index contributed by atoms with van der Waals surface area (Å²) in [6.07, 6.45) is 1.97. The summed E-state index contributed by atoms with van der Waals surface area (Å²) in [7, 11) is 0. The van der Waals surface area contributed by atoms with E-state index in [9.17, 15) is 9.90 Å². The van der Waals surface area contributed by atoms with Crippen LogP contribution >= 0.6 is 11.6 Å². The Morgan fingerprint density at radius 1 is 0.879 bits per heavy atom. The van der Waals surface area contributed by atoms with Crippen LogP contribution in [-0.2, 0) is 4.79 Å². The van der Waals surface area contributed by atoms with Crippen molar-refractivity contribution in [3.63, 3.8) is 0 Å². The van der Waals surface area contributed by atoms with Gasteiger partial charge in [-0.25, -0.2) is 0 Å². The molecule has 0 bridgehead atoms. The zero-order chi connectivity index (χ0) is 23.8. The monoisotopic (exact) mass is 462 g/mol. The molecule has 0 aliphatic rings. The molecule has 3 aromatic carbocycles. The molecule has 0 atom stereocenters. The highest BCUT2D eigenvalue weighted by Crippen LogP contribution is 2.37. The number of benzene rings is 3. The number of hydrogen-bond donors (Lipinski definition) is 1. The zero-order valence-corrected chi connectivity index (χ0v) is 20.2. The normalized spacial score (nSPS) is 12.2. The van der Waals surface area contributed by atoms with Gasteiger partial charge in [-0.1, -0.05) is 75.4 Å². The van der Waals surface area contributed by atoms with E-state index in [1.54, 1.807) is 12.1 Å².